The molecule has 0 radical (unpaired) electrons. The van der Waals surface area contributed by atoms with Crippen molar-refractivity contribution in [3.05, 3.63) is 77.6 Å². The van der Waals surface area contributed by atoms with Crippen LogP contribution in [-0.4, -0.2) is 11.7 Å². The van der Waals surface area contributed by atoms with Crippen molar-refractivity contribution in [3.63, 3.8) is 0 Å². The van der Waals surface area contributed by atoms with Gasteiger partial charge >= 0.3 is 0 Å². The monoisotopic (exact) mass is 338 g/mol. The highest BCUT2D eigenvalue weighted by atomic mass is 32.2. The molecule has 0 saturated carbocycles. The van der Waals surface area contributed by atoms with Gasteiger partial charge in [-0.15, -0.1) is 0 Å². The van der Waals surface area contributed by atoms with E-state index in [2.05, 4.69) is 29.6 Å². The molecule has 3 rings (SSSR count). The third-order valence-electron chi connectivity index (χ3n) is 3.79. The number of benzene rings is 2. The number of carbonyl (C=O) groups is 1. The number of carbonyl (C=O) groups excluding carboxylic acids is 1. The van der Waals surface area contributed by atoms with Gasteiger partial charge in [0.05, 0.1) is 11.8 Å². The highest BCUT2D eigenvalue weighted by Crippen LogP contribution is 2.20. The lowest BCUT2D eigenvalue weighted by atomic mass is 10.0. The van der Waals surface area contributed by atoms with Gasteiger partial charge in [0.25, 0.3) is 5.03 Å². The Balaban J connectivity index is 1.61. The smallest absolute Gasteiger partial charge is 0.251 e. The van der Waals surface area contributed by atoms with Crippen LogP contribution in [0.1, 0.15) is 18.5 Å². The Morgan fingerprint density at radius 1 is 1.12 bits per heavy atom. The molecule has 2 aromatic carbocycles. The van der Waals surface area contributed by atoms with Crippen molar-refractivity contribution in [2.45, 2.75) is 18.0 Å². The molecule has 0 bridgehead atoms. The van der Waals surface area contributed by atoms with Crippen molar-refractivity contribution in [1.82, 2.24) is 5.32 Å². The van der Waals surface area contributed by atoms with Crippen molar-refractivity contribution < 1.29 is 9.52 Å². The molecule has 3 aromatic rings. The molecule has 1 aromatic heterocycles. The molecule has 1 atom stereocenters. The molecule has 5 heteroatoms. The van der Waals surface area contributed by atoms with Gasteiger partial charge in [0.1, 0.15) is 0 Å². The maximum atomic E-state index is 12.1. The molecule has 0 aliphatic carbocycles. The second kappa shape index (κ2) is 7.36. The highest BCUT2D eigenvalue weighted by molar-refractivity contribution is 7.99. The van der Waals surface area contributed by atoms with E-state index in [0.717, 1.165) is 15.7 Å². The zero-order chi connectivity index (χ0) is 16.9. The molecule has 0 aliphatic rings. The van der Waals surface area contributed by atoms with Gasteiger partial charge in [-0.3, -0.25) is 4.79 Å². The summed E-state index contributed by atoms with van der Waals surface area (Å²) in [5, 5.41) is 17.4. The third kappa shape index (κ3) is 3.86. The molecule has 1 N–H and O–H groups in total. The normalized spacial score (nSPS) is 12.0. The number of nitrogens with one attached hydrogen (secondary N) is 1. The van der Waals surface area contributed by atoms with Crippen molar-refractivity contribution in [1.29, 1.82) is 0 Å². The minimum absolute atomic E-state index is 0.0853. The molecular weight excluding hydrogens is 320 g/mol. The van der Waals surface area contributed by atoms with Gasteiger partial charge < -0.3 is 10.5 Å². The van der Waals surface area contributed by atoms with Crippen LogP contribution in [0.25, 0.3) is 10.8 Å². The van der Waals surface area contributed by atoms with E-state index in [-0.39, 0.29) is 17.7 Å². The number of pyridine rings is 1. The van der Waals surface area contributed by atoms with Gasteiger partial charge in [0.2, 0.25) is 5.91 Å². The quantitative estimate of drug-likeness (QED) is 0.440. The van der Waals surface area contributed by atoms with E-state index >= 15 is 0 Å². The second-order valence-electron chi connectivity index (χ2n) is 5.55. The number of hydrogen-bond donors (Lipinski definition) is 1. The molecule has 1 amide bonds. The zero-order valence-corrected chi connectivity index (χ0v) is 14.1. The van der Waals surface area contributed by atoms with Crippen molar-refractivity contribution >= 4 is 28.4 Å². The Bertz CT molecular complexity index is 867. The fourth-order valence-corrected chi connectivity index (χ4v) is 3.23. The Morgan fingerprint density at radius 2 is 1.88 bits per heavy atom. The van der Waals surface area contributed by atoms with Gasteiger partial charge in [-0.1, -0.05) is 36.4 Å². The predicted octanol–water partition coefficient (Wildman–Crippen LogP) is 3.44. The van der Waals surface area contributed by atoms with Crippen LogP contribution in [0.4, 0.5) is 0 Å². The van der Waals surface area contributed by atoms with E-state index in [1.807, 2.05) is 25.1 Å². The predicted molar refractivity (Wildman–Crippen MR) is 96.6 cm³/mol. The summed E-state index contributed by atoms with van der Waals surface area (Å²) < 4.78 is 0.769. The number of fused-ring (bicyclic) bond motifs is 1. The minimum atomic E-state index is -0.0930. The van der Waals surface area contributed by atoms with E-state index in [1.165, 1.54) is 23.3 Å². The van der Waals surface area contributed by atoms with Crippen LogP contribution in [0.2, 0.25) is 0 Å². The van der Waals surface area contributed by atoms with Crippen LogP contribution in [0.3, 0.4) is 0 Å². The summed E-state index contributed by atoms with van der Waals surface area (Å²) in [5.41, 5.74) is 1.06. The molecule has 0 fully saturated rings. The Hall–Kier alpha value is -2.53. The van der Waals surface area contributed by atoms with Gasteiger partial charge in [0, 0.05) is 12.1 Å². The van der Waals surface area contributed by atoms with Gasteiger partial charge in [-0.25, -0.2) is 0 Å². The van der Waals surface area contributed by atoms with Crippen molar-refractivity contribution in [3.8, 4) is 0 Å². The molecule has 122 valence electrons. The zero-order valence-electron chi connectivity index (χ0n) is 13.3. The van der Waals surface area contributed by atoms with E-state index in [1.54, 1.807) is 18.2 Å². The first-order valence-electron chi connectivity index (χ1n) is 7.72. The second-order valence-corrected chi connectivity index (χ2v) is 6.54. The summed E-state index contributed by atoms with van der Waals surface area (Å²) in [6.45, 7) is 1.96. The third-order valence-corrected chi connectivity index (χ3v) is 4.81. The Labute approximate surface area is 145 Å². The molecule has 1 unspecified atom stereocenters. The molecule has 4 nitrogen and oxygen atoms in total. The first-order chi connectivity index (χ1) is 11.6. The molecule has 1 heterocycles. The summed E-state index contributed by atoms with van der Waals surface area (Å²) in [7, 11) is 0. The average molecular weight is 338 g/mol. The molecular formula is C19H18N2O2S. The van der Waals surface area contributed by atoms with Crippen LogP contribution >= 0.6 is 11.8 Å². The van der Waals surface area contributed by atoms with E-state index in [4.69, 9.17) is 0 Å². The van der Waals surface area contributed by atoms with E-state index < -0.39 is 0 Å². The van der Waals surface area contributed by atoms with Crippen LogP contribution < -0.4 is 10.0 Å². The number of nitrogens with zero attached hydrogens (tertiary/aromatic N) is 1. The average Bonchev–Trinajstić information content (AvgIpc) is 2.60. The number of rotatable bonds is 5. The lowest BCUT2D eigenvalue weighted by molar-refractivity contribution is -0.645. The Morgan fingerprint density at radius 3 is 2.67 bits per heavy atom. The summed E-state index contributed by atoms with van der Waals surface area (Å²) in [5.74, 6) is 0.119. The topological polar surface area (TPSA) is 56.0 Å². The standard InChI is InChI=1S/C19H18N2O2S/c1-14(16-10-9-15-6-2-3-7-17(15)12-16)20-18(22)13-24-19-8-4-5-11-21(19)23/h2-12,14H,13H2,1H3,(H,20,22). The summed E-state index contributed by atoms with van der Waals surface area (Å²) in [4.78, 5) is 12.1. The minimum Gasteiger partial charge on any atom is -0.618 e. The number of aromatic nitrogens is 1. The van der Waals surface area contributed by atoms with Gasteiger partial charge in [-0.05, 0) is 47.2 Å². The molecule has 0 saturated heterocycles. The fraction of sp³-hybridized carbons (Fsp3) is 0.158. The summed E-state index contributed by atoms with van der Waals surface area (Å²) >= 11 is 1.23. The number of amides is 1. The van der Waals surface area contributed by atoms with Crippen LogP contribution in [0, 0.1) is 5.21 Å². The van der Waals surface area contributed by atoms with Crippen molar-refractivity contribution in [2.75, 3.05) is 5.75 Å². The van der Waals surface area contributed by atoms with Crippen LogP contribution in [0.15, 0.2) is 71.9 Å². The summed E-state index contributed by atoms with van der Waals surface area (Å²) in [6, 6.07) is 19.4. The first-order valence-corrected chi connectivity index (χ1v) is 8.71. The van der Waals surface area contributed by atoms with Gasteiger partial charge in [-0.2, -0.15) is 4.73 Å². The lowest BCUT2D eigenvalue weighted by Crippen LogP contribution is -2.31. The largest absolute Gasteiger partial charge is 0.618 e. The summed E-state index contributed by atoms with van der Waals surface area (Å²) in [6.07, 6.45) is 1.43. The highest BCUT2D eigenvalue weighted by Gasteiger charge is 2.13. The van der Waals surface area contributed by atoms with E-state index in [9.17, 15) is 10.0 Å². The maximum absolute atomic E-state index is 12.1. The lowest BCUT2D eigenvalue weighted by Gasteiger charge is -2.15. The van der Waals surface area contributed by atoms with E-state index in [0.29, 0.717) is 5.03 Å². The Kier molecular flexibility index (Phi) is 5.01. The van der Waals surface area contributed by atoms with Crippen LogP contribution in [0.5, 0.6) is 0 Å². The number of hydrogen-bond acceptors (Lipinski definition) is 3. The van der Waals surface area contributed by atoms with Gasteiger partial charge in [0.15, 0.2) is 6.20 Å². The SMILES string of the molecule is CC(NC(=O)CSc1cccc[n+]1[O-])c1ccc2ccccc2c1. The molecule has 0 aliphatic heterocycles. The molecule has 24 heavy (non-hydrogen) atoms. The maximum Gasteiger partial charge on any atom is 0.251 e. The van der Waals surface area contributed by atoms with Crippen molar-refractivity contribution in [2.24, 2.45) is 0 Å². The fourth-order valence-electron chi connectivity index (χ4n) is 2.51. The first kappa shape index (κ1) is 16.3. The number of thioether (sulfide) groups is 1. The van der Waals surface area contributed by atoms with Crippen LogP contribution in [-0.2, 0) is 4.79 Å². The molecule has 0 spiro atoms.